The first-order valence-electron chi connectivity index (χ1n) is 6.48. The maximum Gasteiger partial charge on any atom is 0.285 e. The minimum Gasteiger partial charge on any atom is -0.486 e. The first-order valence-corrected chi connectivity index (χ1v) is 6.86. The molecule has 0 fully saturated rings. The molecule has 110 valence electrons. The topological polar surface area (TPSA) is 67.5 Å². The molecule has 6 nitrogen and oxygen atoms in total. The van der Waals surface area contributed by atoms with Gasteiger partial charge in [0.25, 0.3) is 5.56 Å². The number of anilines is 1. The zero-order chi connectivity index (χ0) is 14.8. The lowest BCUT2D eigenvalue weighted by atomic mass is 10.2. The Morgan fingerprint density at radius 3 is 2.90 bits per heavy atom. The molecule has 0 unspecified atom stereocenters. The third-order valence-electron chi connectivity index (χ3n) is 3.21. The van der Waals surface area contributed by atoms with E-state index in [1.165, 1.54) is 6.20 Å². The van der Waals surface area contributed by atoms with Crippen LogP contribution < -0.4 is 19.9 Å². The van der Waals surface area contributed by atoms with E-state index in [1.807, 2.05) is 30.1 Å². The average molecular weight is 308 g/mol. The zero-order valence-corrected chi connectivity index (χ0v) is 12.2. The highest BCUT2D eigenvalue weighted by Crippen LogP contribution is 2.31. The molecule has 1 aliphatic rings. The molecule has 0 saturated heterocycles. The Bertz CT molecular complexity index is 717. The monoisotopic (exact) mass is 307 g/mol. The molecule has 1 aromatic heterocycles. The summed E-state index contributed by atoms with van der Waals surface area (Å²) in [5.41, 5.74) is 1.21. The molecule has 1 aromatic carbocycles. The smallest absolute Gasteiger partial charge is 0.285 e. The Kier molecular flexibility index (Phi) is 3.70. The van der Waals surface area contributed by atoms with Gasteiger partial charge < -0.3 is 14.4 Å². The summed E-state index contributed by atoms with van der Waals surface area (Å²) in [5, 5.41) is 6.20. The van der Waals surface area contributed by atoms with Crippen molar-refractivity contribution in [3.05, 3.63) is 45.3 Å². The maximum absolute atomic E-state index is 11.5. The van der Waals surface area contributed by atoms with E-state index >= 15 is 0 Å². The molecule has 1 aliphatic heterocycles. The summed E-state index contributed by atoms with van der Waals surface area (Å²) >= 11 is 6.00. The Labute approximate surface area is 126 Å². The lowest BCUT2D eigenvalue weighted by molar-refractivity contribution is 0.171. The minimum absolute atomic E-state index is 0.130. The van der Waals surface area contributed by atoms with E-state index in [1.54, 1.807) is 0 Å². The molecule has 2 aromatic rings. The normalized spacial score (nSPS) is 13.0. The second-order valence-corrected chi connectivity index (χ2v) is 5.11. The van der Waals surface area contributed by atoms with Crippen LogP contribution >= 0.6 is 11.6 Å². The van der Waals surface area contributed by atoms with Gasteiger partial charge in [-0.15, -0.1) is 0 Å². The van der Waals surface area contributed by atoms with Crippen molar-refractivity contribution in [1.82, 2.24) is 10.2 Å². The Morgan fingerprint density at radius 2 is 2.10 bits per heavy atom. The summed E-state index contributed by atoms with van der Waals surface area (Å²) in [6.07, 6.45) is 1.53. The van der Waals surface area contributed by atoms with Gasteiger partial charge in [0.2, 0.25) is 0 Å². The first kappa shape index (κ1) is 13.8. The molecular weight excluding hydrogens is 294 g/mol. The standard InChI is InChI=1S/C14H14ClN3O3/c1-18(10-7-16-17-14(19)13(10)15)8-9-2-3-11-12(6-9)21-5-4-20-11/h2-3,6-7H,4-5,8H2,1H3,(H,17,19). The van der Waals surface area contributed by atoms with Crippen molar-refractivity contribution in [1.29, 1.82) is 0 Å². The SMILES string of the molecule is CN(Cc1ccc2c(c1)OCCO2)c1cn[nH]c(=O)c1Cl. The Hall–Kier alpha value is -2.21. The number of fused-ring (bicyclic) bond motifs is 1. The van der Waals surface area contributed by atoms with Crippen molar-refractivity contribution in [3.8, 4) is 11.5 Å². The van der Waals surface area contributed by atoms with Crippen molar-refractivity contribution in [2.75, 3.05) is 25.2 Å². The number of hydrogen-bond acceptors (Lipinski definition) is 5. The van der Waals surface area contributed by atoms with Crippen LogP contribution in [0.3, 0.4) is 0 Å². The van der Waals surface area contributed by atoms with Crippen LogP contribution in [0.5, 0.6) is 11.5 Å². The van der Waals surface area contributed by atoms with Crippen LogP contribution in [-0.2, 0) is 6.54 Å². The van der Waals surface area contributed by atoms with Crippen LogP contribution in [-0.4, -0.2) is 30.5 Å². The van der Waals surface area contributed by atoms with Gasteiger partial charge in [0.05, 0.1) is 11.9 Å². The zero-order valence-electron chi connectivity index (χ0n) is 11.4. The van der Waals surface area contributed by atoms with E-state index in [9.17, 15) is 4.79 Å². The quantitative estimate of drug-likeness (QED) is 0.937. The van der Waals surface area contributed by atoms with Gasteiger partial charge in [-0.2, -0.15) is 5.10 Å². The number of benzene rings is 1. The van der Waals surface area contributed by atoms with E-state index in [-0.39, 0.29) is 5.02 Å². The molecule has 1 N–H and O–H groups in total. The third kappa shape index (κ3) is 2.80. The predicted molar refractivity (Wildman–Crippen MR) is 79.4 cm³/mol. The van der Waals surface area contributed by atoms with Gasteiger partial charge in [0, 0.05) is 13.6 Å². The Morgan fingerprint density at radius 1 is 1.33 bits per heavy atom. The molecule has 0 amide bonds. The molecule has 21 heavy (non-hydrogen) atoms. The predicted octanol–water partition coefficient (Wildman–Crippen LogP) is 1.83. The number of aromatic nitrogens is 2. The van der Waals surface area contributed by atoms with E-state index in [0.717, 1.165) is 17.1 Å². The van der Waals surface area contributed by atoms with Crippen LogP contribution in [0.25, 0.3) is 0 Å². The Balaban J connectivity index is 1.83. The summed E-state index contributed by atoms with van der Waals surface area (Å²) in [6, 6.07) is 5.77. The van der Waals surface area contributed by atoms with Crippen LogP contribution in [0.4, 0.5) is 5.69 Å². The van der Waals surface area contributed by atoms with Crippen molar-refractivity contribution in [2.24, 2.45) is 0 Å². The first-order chi connectivity index (χ1) is 10.1. The molecular formula is C14H14ClN3O3. The van der Waals surface area contributed by atoms with E-state index in [4.69, 9.17) is 21.1 Å². The molecule has 2 heterocycles. The van der Waals surface area contributed by atoms with Crippen molar-refractivity contribution < 1.29 is 9.47 Å². The fourth-order valence-corrected chi connectivity index (χ4v) is 2.42. The molecule has 7 heteroatoms. The van der Waals surface area contributed by atoms with Crippen LogP contribution in [0, 0.1) is 0 Å². The second kappa shape index (κ2) is 5.65. The number of nitrogens with zero attached hydrogens (tertiary/aromatic N) is 2. The molecule has 3 rings (SSSR count). The summed E-state index contributed by atoms with van der Waals surface area (Å²) in [6.45, 7) is 1.69. The van der Waals surface area contributed by atoms with Gasteiger partial charge in [-0.1, -0.05) is 17.7 Å². The van der Waals surface area contributed by atoms with Crippen molar-refractivity contribution in [2.45, 2.75) is 6.54 Å². The molecule has 0 atom stereocenters. The third-order valence-corrected chi connectivity index (χ3v) is 3.58. The van der Waals surface area contributed by atoms with E-state index in [2.05, 4.69) is 10.2 Å². The fourth-order valence-electron chi connectivity index (χ4n) is 2.19. The highest BCUT2D eigenvalue weighted by atomic mass is 35.5. The van der Waals surface area contributed by atoms with Gasteiger partial charge in [-0.3, -0.25) is 4.79 Å². The lowest BCUT2D eigenvalue weighted by Crippen LogP contribution is -2.21. The number of ether oxygens (including phenoxy) is 2. The number of halogens is 1. The highest BCUT2D eigenvalue weighted by Gasteiger charge is 2.14. The number of nitrogens with one attached hydrogen (secondary N) is 1. The fraction of sp³-hybridized carbons (Fsp3) is 0.286. The lowest BCUT2D eigenvalue weighted by Gasteiger charge is -2.22. The summed E-state index contributed by atoms with van der Waals surface area (Å²) in [7, 11) is 1.85. The molecule has 0 radical (unpaired) electrons. The van der Waals surface area contributed by atoms with Crippen LogP contribution in [0.15, 0.2) is 29.2 Å². The van der Waals surface area contributed by atoms with Gasteiger partial charge in [0.1, 0.15) is 18.2 Å². The number of aromatic amines is 1. The molecule has 0 saturated carbocycles. The molecule has 0 bridgehead atoms. The summed E-state index contributed by atoms with van der Waals surface area (Å²) in [4.78, 5) is 13.3. The van der Waals surface area contributed by atoms with Crippen molar-refractivity contribution >= 4 is 17.3 Å². The number of H-pyrrole nitrogens is 1. The molecule has 0 spiro atoms. The second-order valence-electron chi connectivity index (χ2n) is 4.73. The highest BCUT2D eigenvalue weighted by molar-refractivity contribution is 6.32. The van der Waals surface area contributed by atoms with Gasteiger partial charge in [-0.05, 0) is 17.7 Å². The van der Waals surface area contributed by atoms with Crippen LogP contribution in [0.1, 0.15) is 5.56 Å². The summed E-state index contributed by atoms with van der Waals surface area (Å²) < 4.78 is 11.0. The minimum atomic E-state index is -0.400. The number of rotatable bonds is 3. The maximum atomic E-state index is 11.5. The van der Waals surface area contributed by atoms with Crippen LogP contribution in [0.2, 0.25) is 5.02 Å². The van der Waals surface area contributed by atoms with E-state index in [0.29, 0.717) is 25.4 Å². The summed E-state index contributed by atoms with van der Waals surface area (Å²) in [5.74, 6) is 1.49. The van der Waals surface area contributed by atoms with E-state index < -0.39 is 5.56 Å². The largest absolute Gasteiger partial charge is 0.486 e. The van der Waals surface area contributed by atoms with Gasteiger partial charge in [-0.25, -0.2) is 5.10 Å². The average Bonchev–Trinajstić information content (AvgIpc) is 2.50. The van der Waals surface area contributed by atoms with Gasteiger partial charge >= 0.3 is 0 Å². The number of hydrogen-bond donors (Lipinski definition) is 1. The molecule has 0 aliphatic carbocycles. The van der Waals surface area contributed by atoms with Gasteiger partial charge in [0.15, 0.2) is 11.5 Å². The van der Waals surface area contributed by atoms with Crippen molar-refractivity contribution in [3.63, 3.8) is 0 Å².